The predicted molar refractivity (Wildman–Crippen MR) is 66.0 cm³/mol. The molecule has 0 aromatic heterocycles. The second-order valence-electron chi connectivity index (χ2n) is 4.80. The molecule has 0 aliphatic carbocycles. The minimum absolute atomic E-state index is 0.263. The Bertz CT molecular complexity index is 551. The number of fused-ring (bicyclic) bond motifs is 1. The summed E-state index contributed by atoms with van der Waals surface area (Å²) in [5, 5.41) is 0. The average Bonchev–Trinajstić information content (AvgIpc) is 2.92. The van der Waals surface area contributed by atoms with Gasteiger partial charge in [-0.15, -0.1) is 0 Å². The molecule has 0 unspecified atom stereocenters. The van der Waals surface area contributed by atoms with Crippen LogP contribution < -0.4 is 9.47 Å². The first-order chi connectivity index (χ1) is 9.07. The van der Waals surface area contributed by atoms with Gasteiger partial charge in [-0.05, 0) is 37.5 Å². The van der Waals surface area contributed by atoms with Crippen LogP contribution in [0.4, 0.5) is 4.79 Å². The lowest BCUT2D eigenvalue weighted by Crippen LogP contribution is -2.26. The Labute approximate surface area is 110 Å². The van der Waals surface area contributed by atoms with Crippen molar-refractivity contribution in [1.29, 1.82) is 0 Å². The fraction of sp³-hybridized carbons (Fsp3) is 0.357. The van der Waals surface area contributed by atoms with Crippen molar-refractivity contribution in [2.45, 2.75) is 25.4 Å². The number of cyclic esters (lactones) is 2. The first-order valence-corrected chi connectivity index (χ1v) is 6.05. The van der Waals surface area contributed by atoms with Crippen LogP contribution in [0.3, 0.4) is 0 Å². The molecule has 5 nitrogen and oxygen atoms in total. The third-order valence-corrected chi connectivity index (χ3v) is 3.43. The van der Waals surface area contributed by atoms with Crippen molar-refractivity contribution >= 4 is 6.16 Å². The van der Waals surface area contributed by atoms with Gasteiger partial charge in [-0.3, -0.25) is 0 Å². The van der Waals surface area contributed by atoms with Crippen molar-refractivity contribution in [3.8, 4) is 11.5 Å². The maximum absolute atomic E-state index is 11.1. The van der Waals surface area contributed by atoms with Crippen LogP contribution in [0.1, 0.15) is 18.9 Å². The number of ether oxygens (including phenoxy) is 4. The normalized spacial score (nSPS) is 24.3. The Morgan fingerprint density at radius 2 is 2.11 bits per heavy atom. The number of hydrogen-bond donors (Lipinski definition) is 0. The van der Waals surface area contributed by atoms with Crippen molar-refractivity contribution in [2.75, 3.05) is 6.79 Å². The van der Waals surface area contributed by atoms with Gasteiger partial charge in [0.2, 0.25) is 6.79 Å². The standard InChI is InChI=1S/C14H14O5/c1-9-14(2,19-13(15)18-9)6-5-10-3-4-11-12(7-10)17-8-16-11/h3-4,7H,1,5-6,8H2,2H3/t14-/m1/s1. The summed E-state index contributed by atoms with van der Waals surface area (Å²) in [6.45, 7) is 5.78. The van der Waals surface area contributed by atoms with Crippen LogP contribution in [0, 0.1) is 0 Å². The Kier molecular flexibility index (Phi) is 2.62. The molecule has 0 N–H and O–H groups in total. The largest absolute Gasteiger partial charge is 0.514 e. The first kappa shape index (κ1) is 11.9. The number of rotatable bonds is 3. The first-order valence-electron chi connectivity index (χ1n) is 6.05. The zero-order chi connectivity index (χ0) is 13.5. The van der Waals surface area contributed by atoms with Gasteiger partial charge in [0, 0.05) is 0 Å². The molecule has 2 aliphatic rings. The van der Waals surface area contributed by atoms with Gasteiger partial charge in [-0.2, -0.15) is 0 Å². The van der Waals surface area contributed by atoms with E-state index in [-0.39, 0.29) is 6.79 Å². The summed E-state index contributed by atoms with van der Waals surface area (Å²) in [6, 6.07) is 5.79. The molecule has 0 radical (unpaired) electrons. The van der Waals surface area contributed by atoms with Crippen LogP contribution >= 0.6 is 0 Å². The lowest BCUT2D eigenvalue weighted by atomic mass is 9.95. The fourth-order valence-corrected chi connectivity index (χ4v) is 2.14. The molecule has 19 heavy (non-hydrogen) atoms. The van der Waals surface area contributed by atoms with Crippen molar-refractivity contribution in [1.82, 2.24) is 0 Å². The van der Waals surface area contributed by atoms with Gasteiger partial charge in [-0.1, -0.05) is 12.6 Å². The minimum atomic E-state index is -0.756. The number of carbonyl (C=O) groups is 1. The lowest BCUT2D eigenvalue weighted by Gasteiger charge is -2.20. The molecular weight excluding hydrogens is 248 g/mol. The summed E-state index contributed by atoms with van der Waals surface area (Å²) < 4.78 is 20.6. The van der Waals surface area contributed by atoms with E-state index in [1.807, 2.05) is 18.2 Å². The van der Waals surface area contributed by atoms with Gasteiger partial charge < -0.3 is 18.9 Å². The maximum Gasteiger partial charge on any atom is 0.514 e. The van der Waals surface area contributed by atoms with E-state index in [9.17, 15) is 4.79 Å². The number of benzene rings is 1. The molecule has 0 amide bonds. The minimum Gasteiger partial charge on any atom is -0.454 e. The van der Waals surface area contributed by atoms with E-state index in [1.165, 1.54) is 0 Å². The van der Waals surface area contributed by atoms with Gasteiger partial charge in [0.1, 0.15) is 5.76 Å². The highest BCUT2D eigenvalue weighted by Gasteiger charge is 2.41. The topological polar surface area (TPSA) is 54.0 Å². The molecule has 1 aromatic rings. The monoisotopic (exact) mass is 262 g/mol. The van der Waals surface area contributed by atoms with Gasteiger partial charge in [-0.25, -0.2) is 4.79 Å². The molecule has 1 aromatic carbocycles. The van der Waals surface area contributed by atoms with E-state index in [0.29, 0.717) is 12.2 Å². The summed E-state index contributed by atoms with van der Waals surface area (Å²) in [6.07, 6.45) is 0.651. The van der Waals surface area contributed by atoms with Crippen LogP contribution in [-0.4, -0.2) is 18.5 Å². The van der Waals surface area contributed by atoms with Crippen LogP contribution in [0.5, 0.6) is 11.5 Å². The molecule has 3 rings (SSSR count). The number of hydrogen-bond acceptors (Lipinski definition) is 5. The third-order valence-electron chi connectivity index (χ3n) is 3.43. The van der Waals surface area contributed by atoms with Crippen molar-refractivity contribution < 1.29 is 23.7 Å². The number of aryl methyl sites for hydroxylation is 1. The summed E-state index contributed by atoms with van der Waals surface area (Å²) in [5.74, 6) is 1.87. The third kappa shape index (κ3) is 2.12. The molecule has 1 atom stereocenters. The molecule has 0 saturated carbocycles. The van der Waals surface area contributed by atoms with Crippen molar-refractivity contribution in [3.63, 3.8) is 0 Å². The summed E-state index contributed by atoms with van der Waals surface area (Å²) in [5.41, 5.74) is 0.328. The Morgan fingerprint density at radius 1 is 1.32 bits per heavy atom. The molecule has 5 heteroatoms. The van der Waals surface area contributed by atoms with Crippen LogP contribution in [-0.2, 0) is 15.9 Å². The molecule has 0 bridgehead atoms. The molecule has 100 valence electrons. The van der Waals surface area contributed by atoms with Gasteiger partial charge in [0.25, 0.3) is 0 Å². The maximum atomic E-state index is 11.1. The van der Waals surface area contributed by atoms with Crippen LogP contribution in [0.2, 0.25) is 0 Å². The van der Waals surface area contributed by atoms with E-state index in [2.05, 4.69) is 6.58 Å². The Balaban J connectivity index is 1.69. The second-order valence-corrected chi connectivity index (χ2v) is 4.80. The molecule has 2 heterocycles. The number of carbonyl (C=O) groups excluding carboxylic acids is 1. The quantitative estimate of drug-likeness (QED) is 0.784. The molecule has 0 spiro atoms. The molecule has 1 saturated heterocycles. The van der Waals surface area contributed by atoms with Crippen LogP contribution in [0.25, 0.3) is 0 Å². The van der Waals surface area contributed by atoms with Crippen LogP contribution in [0.15, 0.2) is 30.5 Å². The fourth-order valence-electron chi connectivity index (χ4n) is 2.14. The van der Waals surface area contributed by atoms with E-state index < -0.39 is 11.8 Å². The zero-order valence-corrected chi connectivity index (χ0v) is 10.6. The summed E-state index contributed by atoms with van der Waals surface area (Å²) in [7, 11) is 0. The van der Waals surface area contributed by atoms with E-state index in [0.717, 1.165) is 23.5 Å². The summed E-state index contributed by atoms with van der Waals surface area (Å²) >= 11 is 0. The van der Waals surface area contributed by atoms with Crippen molar-refractivity contribution in [3.05, 3.63) is 36.1 Å². The second kappa shape index (κ2) is 4.19. The van der Waals surface area contributed by atoms with E-state index in [1.54, 1.807) is 6.92 Å². The smallest absolute Gasteiger partial charge is 0.454 e. The Morgan fingerprint density at radius 3 is 2.84 bits per heavy atom. The van der Waals surface area contributed by atoms with E-state index >= 15 is 0 Å². The molecular formula is C14H14O5. The summed E-state index contributed by atoms with van der Waals surface area (Å²) in [4.78, 5) is 11.1. The highest BCUT2D eigenvalue weighted by molar-refractivity contribution is 5.66. The van der Waals surface area contributed by atoms with Gasteiger partial charge in [0.05, 0.1) is 0 Å². The van der Waals surface area contributed by atoms with Crippen molar-refractivity contribution in [2.24, 2.45) is 0 Å². The predicted octanol–water partition coefficient (Wildman–Crippen LogP) is 2.79. The lowest BCUT2D eigenvalue weighted by molar-refractivity contribution is 0.0717. The van der Waals surface area contributed by atoms with Gasteiger partial charge in [0.15, 0.2) is 17.1 Å². The Hall–Kier alpha value is -2.17. The highest BCUT2D eigenvalue weighted by atomic mass is 16.8. The zero-order valence-electron chi connectivity index (χ0n) is 10.6. The highest BCUT2D eigenvalue weighted by Crippen LogP contribution is 2.36. The van der Waals surface area contributed by atoms with E-state index in [4.69, 9.17) is 18.9 Å². The molecule has 2 aliphatic heterocycles. The SMILES string of the molecule is C=C1OC(=O)O[C@]1(C)CCc1ccc2c(c1)OCO2. The molecule has 1 fully saturated rings. The average molecular weight is 262 g/mol. The van der Waals surface area contributed by atoms with Gasteiger partial charge >= 0.3 is 6.16 Å².